The largest absolute Gasteiger partial charge is 0.494 e. The van der Waals surface area contributed by atoms with Gasteiger partial charge >= 0.3 is 12.2 Å². The van der Waals surface area contributed by atoms with Gasteiger partial charge in [0.15, 0.2) is 6.10 Å². The van der Waals surface area contributed by atoms with Gasteiger partial charge in [0, 0.05) is 24.3 Å². The maximum Gasteiger partial charge on any atom is 0.418 e. The van der Waals surface area contributed by atoms with Crippen molar-refractivity contribution in [3.05, 3.63) is 52.8 Å². The van der Waals surface area contributed by atoms with E-state index in [2.05, 4.69) is 10.6 Å². The van der Waals surface area contributed by atoms with Crippen LogP contribution in [-0.2, 0) is 6.42 Å². The van der Waals surface area contributed by atoms with E-state index < -0.39 is 41.8 Å². The van der Waals surface area contributed by atoms with Crippen LogP contribution in [0.1, 0.15) is 48.2 Å². The Kier molecular flexibility index (Phi) is 7.09. The predicted molar refractivity (Wildman–Crippen MR) is 121 cm³/mol. The number of aliphatic hydroxyl groups is 2. The molecule has 0 radical (unpaired) electrons. The lowest BCUT2D eigenvalue weighted by molar-refractivity contribution is -0.207. The summed E-state index contributed by atoms with van der Waals surface area (Å²) in [5.41, 5.74) is 0.493. The Hall–Kier alpha value is -3.05. The molecule has 4 rings (SSSR count). The molecule has 0 spiro atoms. The molecule has 0 aromatic heterocycles. The summed E-state index contributed by atoms with van der Waals surface area (Å²) in [6, 6.07) is 5.37. The fourth-order valence-corrected chi connectivity index (χ4v) is 4.74. The van der Waals surface area contributed by atoms with E-state index in [1.165, 1.54) is 24.3 Å². The van der Waals surface area contributed by atoms with Crippen LogP contribution in [0.15, 0.2) is 30.3 Å². The average molecular weight is 497 g/mol. The van der Waals surface area contributed by atoms with Gasteiger partial charge in [-0.1, -0.05) is 12.1 Å². The summed E-state index contributed by atoms with van der Waals surface area (Å²) in [6.45, 7) is 1.25. The van der Waals surface area contributed by atoms with Crippen molar-refractivity contribution in [1.29, 1.82) is 0 Å². The summed E-state index contributed by atoms with van der Waals surface area (Å²) in [5.74, 6) is -0.819. The third-order valence-electron chi connectivity index (χ3n) is 6.48. The van der Waals surface area contributed by atoms with Crippen LogP contribution in [0.3, 0.4) is 0 Å². The molecule has 11 heteroatoms. The van der Waals surface area contributed by atoms with Crippen LogP contribution in [-0.4, -0.2) is 48.7 Å². The molecule has 35 heavy (non-hydrogen) atoms. The molecule has 1 saturated heterocycles. The molecule has 1 aliphatic heterocycles. The van der Waals surface area contributed by atoms with Crippen LogP contribution in [0.2, 0.25) is 0 Å². The number of urea groups is 1. The molecular weight excluding hydrogens is 470 g/mol. The summed E-state index contributed by atoms with van der Waals surface area (Å²) in [5, 5.41) is 25.6. The number of anilines is 2. The quantitative estimate of drug-likeness (QED) is 0.465. The Morgan fingerprint density at radius 1 is 1.20 bits per heavy atom. The van der Waals surface area contributed by atoms with Crippen LogP contribution in [0, 0.1) is 5.82 Å². The van der Waals surface area contributed by atoms with E-state index in [1.807, 2.05) is 4.90 Å². The van der Waals surface area contributed by atoms with Gasteiger partial charge < -0.3 is 30.5 Å². The lowest BCUT2D eigenvalue weighted by atomic mass is 10.0. The first-order valence-electron chi connectivity index (χ1n) is 11.3. The van der Waals surface area contributed by atoms with Gasteiger partial charge in [-0.15, -0.1) is 0 Å². The molecule has 4 N–H and O–H groups in total. The SMILES string of the molecule is COc1c(NC(=O)NC2Cc3c(F)cccc3C2O)cc(N2CCCCC2)cc1C(O)C(F)(F)F. The molecular formula is C24H27F4N3O4. The Bertz CT molecular complexity index is 1090. The Labute approximate surface area is 199 Å². The smallest absolute Gasteiger partial charge is 0.418 e. The highest BCUT2D eigenvalue weighted by Gasteiger charge is 2.42. The number of piperidine rings is 1. The highest BCUT2D eigenvalue weighted by atomic mass is 19.4. The Morgan fingerprint density at radius 2 is 1.91 bits per heavy atom. The molecule has 1 aliphatic carbocycles. The number of nitrogens with zero attached hydrogens (tertiary/aromatic N) is 1. The minimum Gasteiger partial charge on any atom is -0.494 e. The van der Waals surface area contributed by atoms with Crippen LogP contribution < -0.4 is 20.3 Å². The number of alkyl halides is 3. The molecule has 7 nitrogen and oxygen atoms in total. The van der Waals surface area contributed by atoms with E-state index in [0.29, 0.717) is 29.9 Å². The van der Waals surface area contributed by atoms with E-state index in [-0.39, 0.29) is 17.9 Å². The van der Waals surface area contributed by atoms with Crippen molar-refractivity contribution >= 4 is 17.4 Å². The molecule has 1 fully saturated rings. The van der Waals surface area contributed by atoms with Gasteiger partial charge in [-0.2, -0.15) is 13.2 Å². The highest BCUT2D eigenvalue weighted by molar-refractivity contribution is 5.92. The van der Waals surface area contributed by atoms with Crippen molar-refractivity contribution < 1.29 is 37.3 Å². The molecule has 2 aliphatic rings. The molecule has 3 atom stereocenters. The van der Waals surface area contributed by atoms with E-state index in [0.717, 1.165) is 26.4 Å². The molecule has 0 bridgehead atoms. The lowest BCUT2D eigenvalue weighted by Crippen LogP contribution is -2.40. The molecule has 2 aromatic carbocycles. The first-order valence-corrected chi connectivity index (χ1v) is 11.3. The maximum absolute atomic E-state index is 14.1. The van der Waals surface area contributed by atoms with E-state index in [9.17, 15) is 32.6 Å². The van der Waals surface area contributed by atoms with Gasteiger partial charge in [0.05, 0.1) is 24.9 Å². The number of halogens is 4. The number of hydrogen-bond donors (Lipinski definition) is 4. The molecule has 190 valence electrons. The Morgan fingerprint density at radius 3 is 2.54 bits per heavy atom. The van der Waals surface area contributed by atoms with Crippen molar-refractivity contribution in [1.82, 2.24) is 5.32 Å². The highest BCUT2D eigenvalue weighted by Crippen LogP contribution is 2.43. The number of rotatable bonds is 5. The molecule has 2 aromatic rings. The summed E-state index contributed by atoms with van der Waals surface area (Å²) >= 11 is 0. The fourth-order valence-electron chi connectivity index (χ4n) is 4.74. The number of carbonyl (C=O) groups excluding carboxylic acids is 1. The van der Waals surface area contributed by atoms with Gasteiger partial charge in [-0.25, -0.2) is 9.18 Å². The van der Waals surface area contributed by atoms with E-state index in [1.54, 1.807) is 6.07 Å². The van der Waals surface area contributed by atoms with Crippen molar-refractivity contribution in [3.8, 4) is 5.75 Å². The third-order valence-corrected chi connectivity index (χ3v) is 6.48. The standard InChI is InChI=1S/C24H27F4N3O4/c1-35-21-16(22(33)24(26,27)28)10-13(31-8-3-2-4-9-31)11-19(21)30-23(34)29-18-12-15-14(20(18)32)6-5-7-17(15)25/h5-7,10-11,18,20,22,32-33H,2-4,8-9,12H2,1H3,(H2,29,30,34). The first kappa shape index (κ1) is 25.1. The Balaban J connectivity index is 1.61. The maximum atomic E-state index is 14.1. The number of hydrogen-bond acceptors (Lipinski definition) is 5. The lowest BCUT2D eigenvalue weighted by Gasteiger charge is -2.31. The van der Waals surface area contributed by atoms with Gasteiger partial charge in [-0.05, 0) is 55.0 Å². The van der Waals surface area contributed by atoms with Crippen molar-refractivity contribution in [3.63, 3.8) is 0 Å². The van der Waals surface area contributed by atoms with Crippen molar-refractivity contribution in [2.45, 2.75) is 50.1 Å². The van der Waals surface area contributed by atoms with Crippen LogP contribution >= 0.6 is 0 Å². The van der Waals surface area contributed by atoms with Gasteiger partial charge in [-0.3, -0.25) is 0 Å². The van der Waals surface area contributed by atoms with Crippen molar-refractivity contribution in [2.75, 3.05) is 30.4 Å². The first-order chi connectivity index (χ1) is 16.6. The summed E-state index contributed by atoms with van der Waals surface area (Å²) in [4.78, 5) is 14.7. The summed E-state index contributed by atoms with van der Waals surface area (Å²) in [7, 11) is 1.14. The van der Waals surface area contributed by atoms with Gasteiger partial charge in [0.1, 0.15) is 11.6 Å². The number of ether oxygens (including phenoxy) is 1. The number of benzene rings is 2. The number of nitrogens with one attached hydrogen (secondary N) is 2. The molecule has 1 heterocycles. The fraction of sp³-hybridized carbons (Fsp3) is 0.458. The molecule has 2 amide bonds. The monoisotopic (exact) mass is 497 g/mol. The van der Waals surface area contributed by atoms with Crippen LogP contribution in [0.25, 0.3) is 0 Å². The van der Waals surface area contributed by atoms with Crippen LogP contribution in [0.5, 0.6) is 5.75 Å². The second kappa shape index (κ2) is 9.90. The number of aliphatic hydroxyl groups excluding tert-OH is 2. The minimum atomic E-state index is -4.95. The van der Waals surface area contributed by atoms with E-state index in [4.69, 9.17) is 4.74 Å². The predicted octanol–water partition coefficient (Wildman–Crippen LogP) is 4.20. The van der Waals surface area contributed by atoms with Gasteiger partial charge in [0.2, 0.25) is 0 Å². The molecule has 0 saturated carbocycles. The third kappa shape index (κ3) is 5.15. The normalized spacial score (nSPS) is 20.8. The van der Waals surface area contributed by atoms with E-state index >= 15 is 0 Å². The van der Waals surface area contributed by atoms with Crippen LogP contribution in [0.4, 0.5) is 33.7 Å². The number of amides is 2. The number of carbonyl (C=O) groups is 1. The molecule has 3 unspecified atom stereocenters. The average Bonchev–Trinajstić information content (AvgIpc) is 3.14. The number of fused-ring (bicyclic) bond motifs is 1. The second-order valence-electron chi connectivity index (χ2n) is 8.77. The minimum absolute atomic E-state index is 0.0551. The number of methoxy groups -OCH3 is 1. The zero-order valence-electron chi connectivity index (χ0n) is 19.0. The second-order valence-corrected chi connectivity index (χ2v) is 8.77. The topological polar surface area (TPSA) is 94.1 Å². The zero-order valence-corrected chi connectivity index (χ0v) is 19.0. The van der Waals surface area contributed by atoms with Crippen molar-refractivity contribution in [2.24, 2.45) is 0 Å². The zero-order chi connectivity index (χ0) is 25.3. The summed E-state index contributed by atoms with van der Waals surface area (Å²) < 4.78 is 59.5. The van der Waals surface area contributed by atoms with Gasteiger partial charge in [0.25, 0.3) is 0 Å². The summed E-state index contributed by atoms with van der Waals surface area (Å²) in [6.07, 6.45) is -6.12.